The van der Waals surface area contributed by atoms with Crippen molar-refractivity contribution in [1.29, 1.82) is 0 Å². The molecule has 0 aliphatic rings. The van der Waals surface area contributed by atoms with Crippen molar-refractivity contribution in [2.45, 2.75) is 0 Å². The largest absolute Gasteiger partial charge is 0.0616 e. The zero-order chi connectivity index (χ0) is 21.7. The van der Waals surface area contributed by atoms with E-state index >= 15 is 0 Å². The van der Waals surface area contributed by atoms with E-state index in [0.717, 1.165) is 0 Å². The highest BCUT2D eigenvalue weighted by Crippen LogP contribution is 2.54. The van der Waals surface area contributed by atoms with E-state index in [1.54, 1.807) is 0 Å². The lowest BCUT2D eigenvalue weighted by Crippen LogP contribution is -1.96. The second-order valence-electron chi connectivity index (χ2n) is 9.99. The topological polar surface area (TPSA) is 0 Å². The molecule has 10 aromatic carbocycles. The monoisotopic (exact) mass is 424 g/mol. The number of benzene rings is 10. The standard InChI is InChI=1S/C34H16/c1-2-7-18-17(6-1)24-13-12-23-20-10-5-11-22-27(20)16-28-30(23)31(24)32-25(18)14-15-26-19-8-3-4-9-21(19)29(22)34(28)33(26)32/h1-16H. The van der Waals surface area contributed by atoms with Crippen molar-refractivity contribution in [3.8, 4) is 0 Å². The van der Waals surface area contributed by atoms with Crippen LogP contribution in [0.5, 0.6) is 0 Å². The summed E-state index contributed by atoms with van der Waals surface area (Å²) in [4.78, 5) is 0. The van der Waals surface area contributed by atoms with Crippen molar-refractivity contribution in [3.63, 3.8) is 0 Å². The average Bonchev–Trinajstić information content (AvgIpc) is 2.91. The van der Waals surface area contributed by atoms with Crippen LogP contribution in [-0.2, 0) is 0 Å². The van der Waals surface area contributed by atoms with Crippen LogP contribution in [0.2, 0.25) is 0 Å². The predicted octanol–water partition coefficient (Wildman–Crippen LogP) is 9.82. The van der Waals surface area contributed by atoms with Gasteiger partial charge in [-0.3, -0.25) is 0 Å². The van der Waals surface area contributed by atoms with Gasteiger partial charge >= 0.3 is 0 Å². The van der Waals surface area contributed by atoms with E-state index < -0.39 is 0 Å². The van der Waals surface area contributed by atoms with Gasteiger partial charge in [-0.05, 0) is 103 Å². The molecule has 152 valence electrons. The van der Waals surface area contributed by atoms with Crippen molar-refractivity contribution in [1.82, 2.24) is 0 Å². The van der Waals surface area contributed by atoms with Gasteiger partial charge in [0.25, 0.3) is 0 Å². The summed E-state index contributed by atoms with van der Waals surface area (Å²) in [5.41, 5.74) is 0. The van der Waals surface area contributed by atoms with Crippen molar-refractivity contribution in [2.24, 2.45) is 0 Å². The summed E-state index contributed by atoms with van der Waals surface area (Å²) in [5, 5.41) is 25.1. The predicted molar refractivity (Wildman–Crippen MR) is 149 cm³/mol. The molecule has 0 amide bonds. The third-order valence-electron chi connectivity index (χ3n) is 8.65. The summed E-state index contributed by atoms with van der Waals surface area (Å²) in [6.07, 6.45) is 0. The SMILES string of the molecule is c1ccc2c(c1)c1ccc3c4cccc5c4cc4c3c1c1c2ccc2c3ccccc3c5c4c21. The smallest absolute Gasteiger partial charge is 0.000696 e. The third kappa shape index (κ3) is 1.51. The van der Waals surface area contributed by atoms with Crippen LogP contribution in [0.3, 0.4) is 0 Å². The number of hydrogen-bond donors (Lipinski definition) is 0. The first kappa shape index (κ1) is 16.2. The molecule has 0 N–H and O–H groups in total. The highest BCUT2D eigenvalue weighted by atomic mass is 14.3. The normalized spacial score (nSPS) is 13.3. The Morgan fingerprint density at radius 1 is 0.206 bits per heavy atom. The molecule has 0 fully saturated rings. The molecular weight excluding hydrogens is 408 g/mol. The van der Waals surface area contributed by atoms with Gasteiger partial charge in [-0.2, -0.15) is 0 Å². The molecule has 34 heavy (non-hydrogen) atoms. The maximum absolute atomic E-state index is 2.49. The molecule has 0 heterocycles. The minimum absolute atomic E-state index is 1.35. The van der Waals surface area contributed by atoms with Gasteiger partial charge in [0.15, 0.2) is 0 Å². The van der Waals surface area contributed by atoms with E-state index in [9.17, 15) is 0 Å². The van der Waals surface area contributed by atoms with Gasteiger partial charge in [0, 0.05) is 0 Å². The van der Waals surface area contributed by atoms with Gasteiger partial charge in [-0.15, -0.1) is 0 Å². The number of fused-ring (bicyclic) bond motifs is 8. The Morgan fingerprint density at radius 2 is 0.529 bits per heavy atom. The van der Waals surface area contributed by atoms with Crippen LogP contribution in [0.15, 0.2) is 97.1 Å². The van der Waals surface area contributed by atoms with E-state index in [2.05, 4.69) is 97.1 Å². The Labute approximate surface area is 193 Å². The van der Waals surface area contributed by atoms with Crippen LogP contribution < -0.4 is 0 Å². The second kappa shape index (κ2) is 5.05. The summed E-state index contributed by atoms with van der Waals surface area (Å²) in [6.45, 7) is 0. The van der Waals surface area contributed by atoms with E-state index in [-0.39, 0.29) is 0 Å². The fraction of sp³-hybridized carbons (Fsp3) is 0. The minimum Gasteiger partial charge on any atom is -0.0616 e. The quantitative estimate of drug-likeness (QED) is 0.168. The molecule has 0 heteroatoms. The molecule has 0 aromatic heterocycles. The molecule has 0 saturated heterocycles. The molecule has 0 atom stereocenters. The minimum atomic E-state index is 1.35. The van der Waals surface area contributed by atoms with E-state index in [1.807, 2.05) is 0 Å². The summed E-state index contributed by atoms with van der Waals surface area (Å²) >= 11 is 0. The lowest BCUT2D eigenvalue weighted by Gasteiger charge is -2.25. The van der Waals surface area contributed by atoms with Crippen molar-refractivity contribution in [3.05, 3.63) is 97.1 Å². The summed E-state index contributed by atoms with van der Waals surface area (Å²) < 4.78 is 0. The van der Waals surface area contributed by atoms with Crippen LogP contribution in [0.1, 0.15) is 0 Å². The molecule has 0 radical (unpaired) electrons. The number of hydrogen-bond acceptors (Lipinski definition) is 0. The van der Waals surface area contributed by atoms with Gasteiger partial charge in [0.05, 0.1) is 0 Å². The summed E-state index contributed by atoms with van der Waals surface area (Å²) in [5.74, 6) is 0. The first-order valence-corrected chi connectivity index (χ1v) is 12.0. The van der Waals surface area contributed by atoms with Crippen molar-refractivity contribution >= 4 is 97.0 Å². The summed E-state index contributed by atoms with van der Waals surface area (Å²) in [6, 6.07) is 36.9. The molecule has 10 rings (SSSR count). The highest BCUT2D eigenvalue weighted by Gasteiger charge is 2.25. The van der Waals surface area contributed by atoms with Gasteiger partial charge in [-0.25, -0.2) is 0 Å². The zero-order valence-corrected chi connectivity index (χ0v) is 18.2. The molecule has 0 unspecified atom stereocenters. The second-order valence-corrected chi connectivity index (χ2v) is 9.99. The summed E-state index contributed by atoms with van der Waals surface area (Å²) in [7, 11) is 0. The van der Waals surface area contributed by atoms with Crippen LogP contribution >= 0.6 is 0 Å². The number of rotatable bonds is 0. The van der Waals surface area contributed by atoms with Crippen molar-refractivity contribution < 1.29 is 0 Å². The Bertz CT molecular complexity index is 2410. The molecule has 0 saturated carbocycles. The maximum atomic E-state index is 2.49. The lowest BCUT2D eigenvalue weighted by atomic mass is 9.77. The molecule has 2 bridgehead atoms. The first-order chi connectivity index (χ1) is 16.9. The molecule has 0 spiro atoms. The van der Waals surface area contributed by atoms with Gasteiger partial charge in [0.2, 0.25) is 0 Å². The average molecular weight is 425 g/mol. The maximum Gasteiger partial charge on any atom is -0.000696 e. The zero-order valence-electron chi connectivity index (χ0n) is 18.2. The fourth-order valence-electron chi connectivity index (χ4n) is 7.45. The van der Waals surface area contributed by atoms with E-state index in [1.165, 1.54) is 97.0 Å². The Hall–Kier alpha value is -4.42. The Kier molecular flexibility index (Phi) is 2.41. The Morgan fingerprint density at radius 3 is 1.18 bits per heavy atom. The van der Waals surface area contributed by atoms with Crippen LogP contribution in [0, 0.1) is 0 Å². The molecule has 0 aliphatic carbocycles. The molecule has 0 aliphatic heterocycles. The lowest BCUT2D eigenvalue weighted by molar-refractivity contribution is 1.80. The van der Waals surface area contributed by atoms with Crippen LogP contribution in [-0.4, -0.2) is 0 Å². The van der Waals surface area contributed by atoms with Crippen molar-refractivity contribution in [2.75, 3.05) is 0 Å². The van der Waals surface area contributed by atoms with E-state index in [0.29, 0.717) is 0 Å². The van der Waals surface area contributed by atoms with Crippen LogP contribution in [0.25, 0.3) is 97.0 Å². The van der Waals surface area contributed by atoms with Gasteiger partial charge < -0.3 is 0 Å². The third-order valence-corrected chi connectivity index (χ3v) is 8.65. The first-order valence-electron chi connectivity index (χ1n) is 12.0. The van der Waals surface area contributed by atoms with Crippen LogP contribution in [0.4, 0.5) is 0 Å². The molecule has 0 nitrogen and oxygen atoms in total. The molecular formula is C34H16. The highest BCUT2D eigenvalue weighted by molar-refractivity contribution is 6.52. The molecule has 10 aromatic rings. The van der Waals surface area contributed by atoms with Gasteiger partial charge in [0.1, 0.15) is 0 Å². The van der Waals surface area contributed by atoms with E-state index in [4.69, 9.17) is 0 Å². The Balaban J connectivity index is 1.79. The fourth-order valence-corrected chi connectivity index (χ4v) is 7.45. The van der Waals surface area contributed by atoms with Gasteiger partial charge in [-0.1, -0.05) is 91.0 Å².